The molecule has 2 rings (SSSR count). The van der Waals surface area contributed by atoms with Crippen LogP contribution in [0.5, 0.6) is 0 Å². The lowest BCUT2D eigenvalue weighted by Crippen LogP contribution is -2.23. The minimum Gasteiger partial charge on any atom is -0.372 e. The van der Waals surface area contributed by atoms with Crippen molar-refractivity contribution in [3.05, 3.63) is 59.8 Å². The zero-order valence-electron chi connectivity index (χ0n) is 16.3. The van der Waals surface area contributed by atoms with E-state index in [1.807, 2.05) is 0 Å². The van der Waals surface area contributed by atoms with Gasteiger partial charge in [-0.25, -0.2) is 4.99 Å². The molecule has 1 aliphatic carbocycles. The van der Waals surface area contributed by atoms with Crippen molar-refractivity contribution in [2.24, 2.45) is 4.99 Å². The number of benzene rings is 1. The molecule has 0 saturated carbocycles. The predicted molar refractivity (Wildman–Crippen MR) is 111 cm³/mol. The predicted octanol–water partition coefficient (Wildman–Crippen LogP) is 5.27. The van der Waals surface area contributed by atoms with E-state index in [9.17, 15) is 0 Å². The molecule has 0 aliphatic heterocycles. The van der Waals surface area contributed by atoms with Gasteiger partial charge in [-0.2, -0.15) is 0 Å². The summed E-state index contributed by atoms with van der Waals surface area (Å²) in [6.45, 7) is 19.1. The van der Waals surface area contributed by atoms with Gasteiger partial charge in [-0.3, -0.25) is 0 Å². The molecule has 3 nitrogen and oxygen atoms in total. The topological polar surface area (TPSA) is 18.8 Å². The fourth-order valence-electron chi connectivity index (χ4n) is 3.15. The standard InChI is InChI=1S/C22H31N3/c1-7-24(8-2)19-11-13-21(17(5)15-19)23-22-14-12-20(16-18(22)6)25(9-3)10-4/h11-16H,5,7-10H2,1-4,6H3. The van der Waals surface area contributed by atoms with Crippen molar-refractivity contribution in [2.45, 2.75) is 34.6 Å². The van der Waals surface area contributed by atoms with E-state index in [2.05, 4.69) is 87.4 Å². The number of likely N-dealkylation sites (N-methyl/N-ethyl adjacent to an activating group) is 1. The molecule has 0 N–H and O–H groups in total. The van der Waals surface area contributed by atoms with Crippen LogP contribution in [0.3, 0.4) is 0 Å². The second-order valence-electron chi connectivity index (χ2n) is 6.24. The Morgan fingerprint density at radius 3 is 2.08 bits per heavy atom. The first kappa shape index (κ1) is 19.0. The summed E-state index contributed by atoms with van der Waals surface area (Å²) < 4.78 is 0. The Bertz CT molecular complexity index is 702. The van der Waals surface area contributed by atoms with E-state index >= 15 is 0 Å². The van der Waals surface area contributed by atoms with Crippen LogP contribution in [-0.2, 0) is 0 Å². The van der Waals surface area contributed by atoms with E-state index < -0.39 is 0 Å². The molecule has 1 aromatic rings. The van der Waals surface area contributed by atoms with Crippen LogP contribution in [-0.4, -0.2) is 36.8 Å². The number of allylic oxidation sites excluding steroid dienone is 4. The van der Waals surface area contributed by atoms with Gasteiger partial charge in [0.15, 0.2) is 0 Å². The summed E-state index contributed by atoms with van der Waals surface area (Å²) in [5.74, 6) is 0. The summed E-state index contributed by atoms with van der Waals surface area (Å²) in [6, 6.07) is 6.49. The van der Waals surface area contributed by atoms with Crippen LogP contribution in [0.25, 0.3) is 0 Å². The summed E-state index contributed by atoms with van der Waals surface area (Å²) >= 11 is 0. The van der Waals surface area contributed by atoms with Crippen molar-refractivity contribution in [1.29, 1.82) is 0 Å². The zero-order valence-corrected chi connectivity index (χ0v) is 16.3. The highest BCUT2D eigenvalue weighted by molar-refractivity contribution is 6.12. The number of aryl methyl sites for hydroxylation is 1. The minimum absolute atomic E-state index is 0.939. The van der Waals surface area contributed by atoms with Crippen molar-refractivity contribution >= 4 is 17.1 Å². The first-order chi connectivity index (χ1) is 12.0. The minimum atomic E-state index is 0.939. The van der Waals surface area contributed by atoms with Crippen molar-refractivity contribution in [3.63, 3.8) is 0 Å². The normalized spacial score (nSPS) is 15.5. The fourth-order valence-corrected chi connectivity index (χ4v) is 3.15. The van der Waals surface area contributed by atoms with Gasteiger partial charge in [-0.1, -0.05) is 6.58 Å². The molecule has 1 aliphatic rings. The molecular weight excluding hydrogens is 306 g/mol. The summed E-state index contributed by atoms with van der Waals surface area (Å²) in [6.07, 6.45) is 6.35. The lowest BCUT2D eigenvalue weighted by atomic mass is 10.0. The third kappa shape index (κ3) is 4.41. The molecule has 0 saturated heterocycles. The average Bonchev–Trinajstić information content (AvgIpc) is 2.61. The summed E-state index contributed by atoms with van der Waals surface area (Å²) in [4.78, 5) is 9.52. The van der Waals surface area contributed by atoms with E-state index in [1.54, 1.807) is 0 Å². The quantitative estimate of drug-likeness (QED) is 0.675. The van der Waals surface area contributed by atoms with Gasteiger partial charge < -0.3 is 9.80 Å². The summed E-state index contributed by atoms with van der Waals surface area (Å²) in [5.41, 5.74) is 6.58. The Hall–Kier alpha value is -2.29. The Balaban J connectivity index is 2.25. The molecule has 0 amide bonds. The molecule has 0 atom stereocenters. The summed E-state index contributed by atoms with van der Waals surface area (Å²) in [5, 5.41) is 0. The van der Waals surface area contributed by atoms with Crippen LogP contribution in [0.2, 0.25) is 0 Å². The molecule has 0 radical (unpaired) electrons. The van der Waals surface area contributed by atoms with Gasteiger partial charge in [-0.15, -0.1) is 0 Å². The second-order valence-corrected chi connectivity index (χ2v) is 6.24. The first-order valence-electron chi connectivity index (χ1n) is 9.32. The number of rotatable bonds is 7. The molecule has 0 unspecified atom stereocenters. The lowest BCUT2D eigenvalue weighted by molar-refractivity contribution is 0.394. The molecule has 134 valence electrons. The molecule has 0 heterocycles. The number of nitrogens with zero attached hydrogens (tertiary/aromatic N) is 3. The van der Waals surface area contributed by atoms with Crippen LogP contribution in [0.4, 0.5) is 11.4 Å². The molecule has 3 heteroatoms. The zero-order chi connectivity index (χ0) is 18.4. The van der Waals surface area contributed by atoms with Crippen LogP contribution >= 0.6 is 0 Å². The maximum absolute atomic E-state index is 4.84. The molecule has 0 bridgehead atoms. The highest BCUT2D eigenvalue weighted by atomic mass is 15.1. The van der Waals surface area contributed by atoms with Gasteiger partial charge in [0.25, 0.3) is 0 Å². The highest BCUT2D eigenvalue weighted by Crippen LogP contribution is 2.27. The van der Waals surface area contributed by atoms with Crippen LogP contribution in [0.15, 0.2) is 59.3 Å². The Kier molecular flexibility index (Phi) is 6.63. The van der Waals surface area contributed by atoms with Crippen molar-refractivity contribution in [2.75, 3.05) is 31.1 Å². The molecule has 0 aromatic heterocycles. The molecule has 0 fully saturated rings. The average molecular weight is 338 g/mol. The number of aliphatic imine (C=N–C) groups is 1. The number of hydrogen-bond acceptors (Lipinski definition) is 3. The van der Waals surface area contributed by atoms with Crippen LogP contribution in [0.1, 0.15) is 33.3 Å². The molecule has 25 heavy (non-hydrogen) atoms. The Morgan fingerprint density at radius 1 is 0.920 bits per heavy atom. The van der Waals surface area contributed by atoms with Crippen molar-refractivity contribution < 1.29 is 0 Å². The Morgan fingerprint density at radius 2 is 1.56 bits per heavy atom. The highest BCUT2D eigenvalue weighted by Gasteiger charge is 2.12. The molecule has 0 spiro atoms. The number of hydrogen-bond donors (Lipinski definition) is 0. The largest absolute Gasteiger partial charge is 0.372 e. The van der Waals surface area contributed by atoms with Gasteiger partial charge >= 0.3 is 0 Å². The maximum Gasteiger partial charge on any atom is 0.0704 e. The van der Waals surface area contributed by atoms with Crippen LogP contribution in [0, 0.1) is 6.92 Å². The van der Waals surface area contributed by atoms with E-state index in [4.69, 9.17) is 4.99 Å². The second kappa shape index (κ2) is 8.70. The third-order valence-corrected chi connectivity index (χ3v) is 4.74. The third-order valence-electron chi connectivity index (χ3n) is 4.74. The number of anilines is 1. The van der Waals surface area contributed by atoms with E-state index in [1.165, 1.54) is 16.9 Å². The van der Waals surface area contributed by atoms with Crippen molar-refractivity contribution in [1.82, 2.24) is 4.90 Å². The lowest BCUT2D eigenvalue weighted by Gasteiger charge is -2.24. The monoisotopic (exact) mass is 337 g/mol. The van der Waals surface area contributed by atoms with Gasteiger partial charge in [0, 0.05) is 37.6 Å². The first-order valence-corrected chi connectivity index (χ1v) is 9.32. The smallest absolute Gasteiger partial charge is 0.0704 e. The fraction of sp³-hybridized carbons (Fsp3) is 0.409. The maximum atomic E-state index is 4.84. The van der Waals surface area contributed by atoms with E-state index in [0.29, 0.717) is 0 Å². The summed E-state index contributed by atoms with van der Waals surface area (Å²) in [7, 11) is 0. The van der Waals surface area contributed by atoms with Gasteiger partial charge in [0.05, 0.1) is 11.4 Å². The van der Waals surface area contributed by atoms with Gasteiger partial charge in [0.2, 0.25) is 0 Å². The molecule has 1 aromatic carbocycles. The van der Waals surface area contributed by atoms with E-state index in [-0.39, 0.29) is 0 Å². The Labute approximate surface area is 153 Å². The molecular formula is C22H31N3. The van der Waals surface area contributed by atoms with Gasteiger partial charge in [0.1, 0.15) is 0 Å². The van der Waals surface area contributed by atoms with Crippen LogP contribution < -0.4 is 4.90 Å². The SMILES string of the molecule is C=C1C=C(N(CC)CC)C=CC1=Nc1ccc(N(CC)CC)cc1C. The van der Waals surface area contributed by atoms with Gasteiger partial charge in [-0.05, 0) is 82.2 Å². The van der Waals surface area contributed by atoms with E-state index in [0.717, 1.165) is 43.2 Å². The van der Waals surface area contributed by atoms with Crippen molar-refractivity contribution in [3.8, 4) is 0 Å².